The fourth-order valence-corrected chi connectivity index (χ4v) is 3.67. The molecule has 3 rings (SSSR count). The standard InChI is InChI=1S/C16H22N4O2S/c1-10(2)16-18-13(9-23-16)7-14(21)20-6-4-5-12(8-20)15-17-11(3)22-19-15/h9-10,12H,4-8H2,1-3H3/t12-/m0/s1. The number of hydrogen-bond donors (Lipinski definition) is 0. The van der Waals surface area contributed by atoms with Crippen molar-refractivity contribution >= 4 is 17.2 Å². The van der Waals surface area contributed by atoms with Gasteiger partial charge in [-0.25, -0.2) is 4.98 Å². The highest BCUT2D eigenvalue weighted by Gasteiger charge is 2.28. The van der Waals surface area contributed by atoms with Crippen LogP contribution in [0, 0.1) is 6.92 Å². The molecule has 0 bridgehead atoms. The molecule has 0 N–H and O–H groups in total. The Bertz CT molecular complexity index is 679. The van der Waals surface area contributed by atoms with Gasteiger partial charge in [-0.15, -0.1) is 11.3 Å². The minimum absolute atomic E-state index is 0.135. The predicted molar refractivity (Wildman–Crippen MR) is 87.5 cm³/mol. The van der Waals surface area contributed by atoms with Crippen molar-refractivity contribution in [3.05, 3.63) is 27.8 Å². The van der Waals surface area contributed by atoms with Crippen LogP contribution in [0.2, 0.25) is 0 Å². The molecule has 6 nitrogen and oxygen atoms in total. The average Bonchev–Trinajstić information content (AvgIpc) is 3.16. The number of hydrogen-bond acceptors (Lipinski definition) is 6. The third-order valence-electron chi connectivity index (χ3n) is 4.08. The minimum Gasteiger partial charge on any atom is -0.342 e. The average molecular weight is 334 g/mol. The molecule has 1 aliphatic rings. The maximum atomic E-state index is 12.6. The zero-order chi connectivity index (χ0) is 16.4. The molecule has 1 saturated heterocycles. The number of amides is 1. The first-order valence-corrected chi connectivity index (χ1v) is 8.93. The fraction of sp³-hybridized carbons (Fsp3) is 0.625. The molecule has 7 heteroatoms. The SMILES string of the molecule is Cc1nc([C@H]2CCCN(C(=O)Cc3csc(C(C)C)n3)C2)no1. The molecule has 2 aromatic heterocycles. The summed E-state index contributed by atoms with van der Waals surface area (Å²) in [6.45, 7) is 7.49. The lowest BCUT2D eigenvalue weighted by Gasteiger charge is -2.31. The summed E-state index contributed by atoms with van der Waals surface area (Å²) in [5, 5.41) is 7.09. The van der Waals surface area contributed by atoms with Gasteiger partial charge in [0.2, 0.25) is 11.8 Å². The number of carbonyl (C=O) groups excluding carboxylic acids is 1. The molecule has 1 aliphatic heterocycles. The highest BCUT2D eigenvalue weighted by Crippen LogP contribution is 2.26. The molecule has 2 aromatic rings. The van der Waals surface area contributed by atoms with E-state index in [1.165, 1.54) is 0 Å². The topological polar surface area (TPSA) is 72.1 Å². The van der Waals surface area contributed by atoms with E-state index in [0.717, 1.165) is 35.9 Å². The second-order valence-corrected chi connectivity index (χ2v) is 7.25. The van der Waals surface area contributed by atoms with E-state index in [4.69, 9.17) is 4.52 Å². The summed E-state index contributed by atoms with van der Waals surface area (Å²) in [4.78, 5) is 23.3. The highest BCUT2D eigenvalue weighted by molar-refractivity contribution is 7.09. The van der Waals surface area contributed by atoms with E-state index < -0.39 is 0 Å². The first-order chi connectivity index (χ1) is 11.0. The first kappa shape index (κ1) is 16.1. The maximum Gasteiger partial charge on any atom is 0.228 e. The molecule has 0 saturated carbocycles. The molecule has 1 fully saturated rings. The number of nitrogens with zero attached hydrogens (tertiary/aromatic N) is 4. The normalized spacial score (nSPS) is 18.6. The Morgan fingerprint density at radius 2 is 2.30 bits per heavy atom. The van der Waals surface area contributed by atoms with Gasteiger partial charge in [-0.3, -0.25) is 4.79 Å². The third-order valence-corrected chi connectivity index (χ3v) is 5.27. The largest absolute Gasteiger partial charge is 0.342 e. The quantitative estimate of drug-likeness (QED) is 0.859. The van der Waals surface area contributed by atoms with Gasteiger partial charge < -0.3 is 9.42 Å². The molecule has 0 spiro atoms. The van der Waals surface area contributed by atoms with E-state index >= 15 is 0 Å². The second kappa shape index (κ2) is 6.78. The summed E-state index contributed by atoms with van der Waals surface area (Å²) in [6.07, 6.45) is 2.34. The van der Waals surface area contributed by atoms with Crippen LogP contribution in [0.4, 0.5) is 0 Å². The third kappa shape index (κ3) is 3.77. The number of carbonyl (C=O) groups is 1. The summed E-state index contributed by atoms with van der Waals surface area (Å²) in [7, 11) is 0. The molecule has 0 radical (unpaired) electrons. The van der Waals surface area contributed by atoms with Gasteiger partial charge in [-0.05, 0) is 12.8 Å². The monoisotopic (exact) mass is 334 g/mol. The number of aromatic nitrogens is 3. The Hall–Kier alpha value is -1.76. The Morgan fingerprint density at radius 1 is 1.48 bits per heavy atom. The van der Waals surface area contributed by atoms with Crippen LogP contribution in [0.25, 0.3) is 0 Å². The van der Waals surface area contributed by atoms with Gasteiger partial charge >= 0.3 is 0 Å². The van der Waals surface area contributed by atoms with Crippen LogP contribution in [0.3, 0.4) is 0 Å². The lowest BCUT2D eigenvalue weighted by atomic mass is 9.97. The number of piperidine rings is 1. The van der Waals surface area contributed by atoms with Gasteiger partial charge in [0.05, 0.1) is 17.1 Å². The fourth-order valence-electron chi connectivity index (χ4n) is 2.83. The van der Waals surface area contributed by atoms with Crippen LogP contribution >= 0.6 is 11.3 Å². The van der Waals surface area contributed by atoms with Crippen molar-refractivity contribution in [3.63, 3.8) is 0 Å². The Kier molecular flexibility index (Phi) is 4.75. The summed E-state index contributed by atoms with van der Waals surface area (Å²) in [5.41, 5.74) is 0.876. The smallest absolute Gasteiger partial charge is 0.228 e. The summed E-state index contributed by atoms with van der Waals surface area (Å²) < 4.78 is 5.06. The van der Waals surface area contributed by atoms with Crippen LogP contribution in [0.5, 0.6) is 0 Å². The molecular formula is C16H22N4O2S. The summed E-state index contributed by atoms with van der Waals surface area (Å²) >= 11 is 1.63. The molecule has 0 unspecified atom stereocenters. The van der Waals surface area contributed by atoms with Crippen LogP contribution in [-0.2, 0) is 11.2 Å². The molecule has 1 atom stereocenters. The Labute approximate surface area is 139 Å². The van der Waals surface area contributed by atoms with Crippen LogP contribution < -0.4 is 0 Å². The van der Waals surface area contributed by atoms with E-state index in [9.17, 15) is 4.79 Å². The van der Waals surface area contributed by atoms with Crippen LogP contribution in [-0.4, -0.2) is 39.0 Å². The molecule has 124 valence electrons. The van der Waals surface area contributed by atoms with Crippen LogP contribution in [0.15, 0.2) is 9.90 Å². The van der Waals surface area contributed by atoms with Crippen molar-refractivity contribution in [3.8, 4) is 0 Å². The van der Waals surface area contributed by atoms with E-state index in [-0.39, 0.29) is 11.8 Å². The molecule has 3 heterocycles. The van der Waals surface area contributed by atoms with Gasteiger partial charge in [0.15, 0.2) is 5.82 Å². The number of thiazole rings is 1. The Balaban J connectivity index is 1.62. The lowest BCUT2D eigenvalue weighted by Crippen LogP contribution is -2.40. The zero-order valence-corrected chi connectivity index (χ0v) is 14.6. The van der Waals surface area contributed by atoms with Gasteiger partial charge in [0.1, 0.15) is 0 Å². The lowest BCUT2D eigenvalue weighted by molar-refractivity contribution is -0.131. The van der Waals surface area contributed by atoms with E-state index in [1.807, 2.05) is 10.3 Å². The van der Waals surface area contributed by atoms with E-state index in [0.29, 0.717) is 24.8 Å². The molecule has 0 aliphatic carbocycles. The van der Waals surface area contributed by atoms with Crippen molar-refractivity contribution in [2.24, 2.45) is 0 Å². The first-order valence-electron chi connectivity index (χ1n) is 8.05. The summed E-state index contributed by atoms with van der Waals surface area (Å²) in [5.74, 6) is 2.01. The predicted octanol–water partition coefficient (Wildman–Crippen LogP) is 2.91. The number of likely N-dealkylation sites (tertiary alicyclic amines) is 1. The van der Waals surface area contributed by atoms with Gasteiger partial charge in [0, 0.05) is 37.2 Å². The van der Waals surface area contributed by atoms with E-state index in [1.54, 1.807) is 18.3 Å². The number of rotatable bonds is 4. The van der Waals surface area contributed by atoms with Crippen molar-refractivity contribution in [1.29, 1.82) is 0 Å². The van der Waals surface area contributed by atoms with E-state index in [2.05, 4.69) is 29.0 Å². The van der Waals surface area contributed by atoms with Crippen molar-refractivity contribution in [2.45, 2.75) is 51.9 Å². The molecule has 1 amide bonds. The van der Waals surface area contributed by atoms with Crippen LogP contribution in [0.1, 0.15) is 60.9 Å². The molecule has 23 heavy (non-hydrogen) atoms. The van der Waals surface area contributed by atoms with Gasteiger partial charge in [-0.1, -0.05) is 19.0 Å². The molecular weight excluding hydrogens is 312 g/mol. The molecule has 0 aromatic carbocycles. The van der Waals surface area contributed by atoms with Crippen molar-refractivity contribution in [2.75, 3.05) is 13.1 Å². The zero-order valence-electron chi connectivity index (χ0n) is 13.8. The Morgan fingerprint density at radius 3 is 2.96 bits per heavy atom. The summed E-state index contributed by atoms with van der Waals surface area (Å²) in [6, 6.07) is 0. The number of aryl methyl sites for hydroxylation is 1. The van der Waals surface area contributed by atoms with Crippen molar-refractivity contribution < 1.29 is 9.32 Å². The maximum absolute atomic E-state index is 12.6. The van der Waals surface area contributed by atoms with Crippen molar-refractivity contribution in [1.82, 2.24) is 20.0 Å². The van der Waals surface area contributed by atoms with Gasteiger partial charge in [0.25, 0.3) is 0 Å². The highest BCUT2D eigenvalue weighted by atomic mass is 32.1. The minimum atomic E-state index is 0.135. The second-order valence-electron chi connectivity index (χ2n) is 6.36. The van der Waals surface area contributed by atoms with Gasteiger partial charge in [-0.2, -0.15) is 4.98 Å².